The number of hydrogen-bond acceptors (Lipinski definition) is 3. The number of hydrogen-bond donors (Lipinski definition) is 3. The second-order valence-corrected chi connectivity index (χ2v) is 5.48. The molecule has 1 aromatic carbocycles. The maximum absolute atomic E-state index is 11.6. The van der Waals surface area contributed by atoms with Gasteiger partial charge in [0.2, 0.25) is 5.91 Å². The van der Waals surface area contributed by atoms with E-state index in [4.69, 9.17) is 4.74 Å². The quantitative estimate of drug-likeness (QED) is 0.519. The van der Waals surface area contributed by atoms with Crippen molar-refractivity contribution in [3.05, 3.63) is 29.8 Å². The summed E-state index contributed by atoms with van der Waals surface area (Å²) in [5.74, 6) is 1.53. The van der Waals surface area contributed by atoms with E-state index in [9.17, 15) is 4.79 Å². The van der Waals surface area contributed by atoms with E-state index in [-0.39, 0.29) is 18.6 Å². The highest BCUT2D eigenvalue weighted by atomic mass is 16.5. The summed E-state index contributed by atoms with van der Waals surface area (Å²) >= 11 is 0. The van der Waals surface area contributed by atoms with Crippen LogP contribution in [0.1, 0.15) is 25.8 Å². The van der Waals surface area contributed by atoms with Gasteiger partial charge >= 0.3 is 0 Å². The van der Waals surface area contributed by atoms with Gasteiger partial charge in [0, 0.05) is 19.5 Å². The van der Waals surface area contributed by atoms with E-state index in [0.29, 0.717) is 19.0 Å². The summed E-state index contributed by atoms with van der Waals surface area (Å²) in [6.07, 6.45) is 1.90. The highest BCUT2D eigenvalue weighted by Crippen LogP contribution is 2.27. The molecule has 0 spiro atoms. The van der Waals surface area contributed by atoms with Gasteiger partial charge in [0.1, 0.15) is 18.4 Å². The zero-order chi connectivity index (χ0) is 16.5. The van der Waals surface area contributed by atoms with Crippen molar-refractivity contribution in [3.63, 3.8) is 0 Å². The van der Waals surface area contributed by atoms with Crippen LogP contribution < -0.4 is 20.7 Å². The number of fused-ring (bicyclic) bond motifs is 1. The Balaban J connectivity index is 1.80. The van der Waals surface area contributed by atoms with Crippen LogP contribution in [-0.2, 0) is 11.2 Å². The minimum Gasteiger partial charge on any atom is -0.488 e. The monoisotopic (exact) mass is 318 g/mol. The molecule has 1 aromatic rings. The van der Waals surface area contributed by atoms with Gasteiger partial charge in [0.25, 0.3) is 0 Å². The highest BCUT2D eigenvalue weighted by molar-refractivity contribution is 5.84. The van der Waals surface area contributed by atoms with Gasteiger partial charge in [-0.2, -0.15) is 0 Å². The van der Waals surface area contributed by atoms with Gasteiger partial charge in [-0.25, -0.2) is 4.99 Å². The molecular formula is C17H26N4O2. The molecule has 0 saturated heterocycles. The molecule has 2 rings (SSSR count). The van der Waals surface area contributed by atoms with Crippen LogP contribution in [0.5, 0.6) is 5.75 Å². The number of amides is 1. The van der Waals surface area contributed by atoms with Gasteiger partial charge in [0.15, 0.2) is 5.96 Å². The summed E-state index contributed by atoms with van der Waals surface area (Å²) < 4.78 is 5.89. The third-order valence-electron chi connectivity index (χ3n) is 3.51. The summed E-state index contributed by atoms with van der Waals surface area (Å²) in [6, 6.07) is 8.09. The molecule has 0 fully saturated rings. The van der Waals surface area contributed by atoms with Crippen molar-refractivity contribution in [1.82, 2.24) is 16.0 Å². The Hall–Kier alpha value is -2.24. The molecule has 1 atom stereocenters. The summed E-state index contributed by atoms with van der Waals surface area (Å²) in [6.45, 7) is 6.23. The lowest BCUT2D eigenvalue weighted by Crippen LogP contribution is -2.43. The van der Waals surface area contributed by atoms with E-state index in [1.54, 1.807) is 0 Å². The molecule has 0 aromatic heterocycles. The second kappa shape index (κ2) is 9.02. The Labute approximate surface area is 137 Å². The maximum atomic E-state index is 11.6. The molecule has 23 heavy (non-hydrogen) atoms. The van der Waals surface area contributed by atoms with Crippen LogP contribution in [0.15, 0.2) is 29.3 Å². The number of carbonyl (C=O) groups is 1. The first kappa shape index (κ1) is 17.1. The Morgan fingerprint density at radius 2 is 2.09 bits per heavy atom. The van der Waals surface area contributed by atoms with Crippen molar-refractivity contribution in [1.29, 1.82) is 0 Å². The van der Waals surface area contributed by atoms with Crippen LogP contribution in [0.2, 0.25) is 0 Å². The number of guanidine groups is 1. The zero-order valence-electron chi connectivity index (χ0n) is 13.9. The predicted molar refractivity (Wildman–Crippen MR) is 91.8 cm³/mol. The molecule has 0 radical (unpaired) electrons. The number of nitrogens with zero attached hydrogens (tertiary/aromatic N) is 1. The number of aliphatic imine (C=N–C) groups is 1. The topological polar surface area (TPSA) is 74.8 Å². The van der Waals surface area contributed by atoms with E-state index >= 15 is 0 Å². The summed E-state index contributed by atoms with van der Waals surface area (Å²) in [7, 11) is 0. The van der Waals surface area contributed by atoms with Crippen molar-refractivity contribution >= 4 is 11.9 Å². The second-order valence-electron chi connectivity index (χ2n) is 5.48. The molecule has 1 amide bonds. The first-order valence-corrected chi connectivity index (χ1v) is 8.26. The molecule has 1 aliphatic heterocycles. The molecule has 1 heterocycles. The van der Waals surface area contributed by atoms with E-state index < -0.39 is 0 Å². The summed E-state index contributed by atoms with van der Waals surface area (Å²) in [5.41, 5.74) is 1.24. The lowest BCUT2D eigenvalue weighted by Gasteiger charge is -2.15. The van der Waals surface area contributed by atoms with Gasteiger partial charge in [-0.05, 0) is 25.0 Å². The minimum atomic E-state index is -0.0615. The Morgan fingerprint density at radius 1 is 1.26 bits per heavy atom. The van der Waals surface area contributed by atoms with Crippen LogP contribution in [0, 0.1) is 0 Å². The molecule has 3 N–H and O–H groups in total. The Morgan fingerprint density at radius 3 is 2.83 bits per heavy atom. The third-order valence-corrected chi connectivity index (χ3v) is 3.51. The van der Waals surface area contributed by atoms with Crippen molar-refractivity contribution in [2.75, 3.05) is 26.2 Å². The van der Waals surface area contributed by atoms with Gasteiger partial charge in [-0.15, -0.1) is 0 Å². The lowest BCUT2D eigenvalue weighted by molar-refractivity contribution is -0.119. The molecule has 0 aliphatic carbocycles. The standard InChI is InChI=1S/C17H26N4O2/c1-3-9-19-16(22)12-21-17(18-4-2)20-11-14-10-13-7-5-6-8-15(13)23-14/h5-8,14H,3-4,9-12H2,1-2H3,(H,19,22)(H2,18,20,21). The normalized spacial score (nSPS) is 16.4. The van der Waals surface area contributed by atoms with Crippen LogP contribution in [0.4, 0.5) is 0 Å². The van der Waals surface area contributed by atoms with Gasteiger partial charge in [-0.1, -0.05) is 25.1 Å². The largest absolute Gasteiger partial charge is 0.488 e. The van der Waals surface area contributed by atoms with Crippen LogP contribution in [0.25, 0.3) is 0 Å². The number of benzene rings is 1. The number of nitrogens with one attached hydrogen (secondary N) is 3. The smallest absolute Gasteiger partial charge is 0.241 e. The Bertz CT molecular complexity index is 520. The third kappa shape index (κ3) is 5.47. The van der Waals surface area contributed by atoms with Crippen molar-refractivity contribution in [2.45, 2.75) is 32.8 Å². The van der Waals surface area contributed by atoms with Gasteiger partial charge in [0.05, 0.1) is 6.54 Å². The maximum Gasteiger partial charge on any atom is 0.241 e. The molecule has 6 heteroatoms. The minimum absolute atomic E-state index is 0.0615. The van der Waals surface area contributed by atoms with Crippen LogP contribution in [0.3, 0.4) is 0 Å². The fourth-order valence-corrected chi connectivity index (χ4v) is 2.39. The summed E-state index contributed by atoms with van der Waals surface area (Å²) in [5, 5.41) is 9.20. The fraction of sp³-hybridized carbons (Fsp3) is 0.529. The first-order chi connectivity index (χ1) is 11.2. The molecule has 126 valence electrons. The van der Waals surface area contributed by atoms with Crippen molar-refractivity contribution < 1.29 is 9.53 Å². The number of rotatable bonds is 7. The summed E-state index contributed by atoms with van der Waals surface area (Å²) in [4.78, 5) is 15.9. The molecule has 6 nitrogen and oxygen atoms in total. The van der Waals surface area contributed by atoms with Crippen LogP contribution in [-0.4, -0.2) is 44.1 Å². The van der Waals surface area contributed by atoms with E-state index in [1.165, 1.54) is 5.56 Å². The SMILES string of the molecule is CCCNC(=O)CN=C(NCC)NCC1Cc2ccccc2O1. The lowest BCUT2D eigenvalue weighted by atomic mass is 10.1. The highest BCUT2D eigenvalue weighted by Gasteiger charge is 2.22. The molecule has 0 saturated carbocycles. The van der Waals surface area contributed by atoms with Gasteiger partial charge in [-0.3, -0.25) is 4.79 Å². The van der Waals surface area contributed by atoms with Gasteiger partial charge < -0.3 is 20.7 Å². The molecular weight excluding hydrogens is 292 g/mol. The van der Waals surface area contributed by atoms with Crippen molar-refractivity contribution in [2.24, 2.45) is 4.99 Å². The van der Waals surface area contributed by atoms with Crippen molar-refractivity contribution in [3.8, 4) is 5.75 Å². The average molecular weight is 318 g/mol. The van der Waals surface area contributed by atoms with E-state index in [1.807, 2.05) is 32.0 Å². The molecule has 0 bridgehead atoms. The number of carbonyl (C=O) groups excluding carboxylic acids is 1. The molecule has 1 aliphatic rings. The molecule has 1 unspecified atom stereocenters. The average Bonchev–Trinajstić information content (AvgIpc) is 2.98. The van der Waals surface area contributed by atoms with E-state index in [0.717, 1.165) is 25.1 Å². The first-order valence-electron chi connectivity index (χ1n) is 8.26. The fourth-order valence-electron chi connectivity index (χ4n) is 2.39. The zero-order valence-corrected chi connectivity index (χ0v) is 13.9. The number of ether oxygens (including phenoxy) is 1. The number of para-hydroxylation sites is 1. The predicted octanol–water partition coefficient (Wildman–Crippen LogP) is 1.07. The van der Waals surface area contributed by atoms with Crippen LogP contribution >= 0.6 is 0 Å². The Kier molecular flexibility index (Phi) is 6.72. The van der Waals surface area contributed by atoms with E-state index in [2.05, 4.69) is 27.0 Å².